The third-order valence-electron chi connectivity index (χ3n) is 2.55. The first-order valence-corrected chi connectivity index (χ1v) is 6.53. The molecule has 1 heterocycles. The molecule has 114 valence electrons. The normalized spacial score (nSPS) is 16.2. The van der Waals surface area contributed by atoms with Crippen LogP contribution in [0.5, 0.6) is 11.5 Å². The SMILES string of the molecule is CC(=O)NC(CS)C(=O)Nc1ccc2c(c1)OC(F)(F)O2. The topological polar surface area (TPSA) is 76.7 Å². The molecule has 0 radical (unpaired) electrons. The Hall–Kier alpha value is -2.03. The van der Waals surface area contributed by atoms with E-state index >= 15 is 0 Å². The van der Waals surface area contributed by atoms with E-state index in [4.69, 9.17) is 0 Å². The number of hydrogen-bond donors (Lipinski definition) is 3. The van der Waals surface area contributed by atoms with Crippen molar-refractivity contribution in [2.24, 2.45) is 0 Å². The molecule has 2 rings (SSSR count). The molecule has 1 aromatic rings. The number of thiol groups is 1. The number of halogens is 2. The van der Waals surface area contributed by atoms with Crippen molar-refractivity contribution in [2.75, 3.05) is 11.1 Å². The van der Waals surface area contributed by atoms with Crippen molar-refractivity contribution in [3.63, 3.8) is 0 Å². The molecule has 1 unspecified atom stereocenters. The van der Waals surface area contributed by atoms with Gasteiger partial charge in [-0.05, 0) is 12.1 Å². The lowest BCUT2D eigenvalue weighted by molar-refractivity contribution is -0.286. The summed E-state index contributed by atoms with van der Waals surface area (Å²) in [6.45, 7) is 1.27. The first-order chi connectivity index (χ1) is 9.80. The predicted molar refractivity (Wildman–Crippen MR) is 72.7 cm³/mol. The molecule has 1 aromatic carbocycles. The van der Waals surface area contributed by atoms with Crippen LogP contribution in [-0.4, -0.2) is 29.9 Å². The lowest BCUT2D eigenvalue weighted by atomic mass is 10.2. The molecule has 0 saturated heterocycles. The molecule has 1 aliphatic rings. The monoisotopic (exact) mass is 318 g/mol. The van der Waals surface area contributed by atoms with Crippen LogP contribution >= 0.6 is 12.6 Å². The van der Waals surface area contributed by atoms with Gasteiger partial charge in [0, 0.05) is 24.4 Å². The molecule has 0 aliphatic carbocycles. The van der Waals surface area contributed by atoms with Crippen molar-refractivity contribution < 1.29 is 27.8 Å². The summed E-state index contributed by atoms with van der Waals surface area (Å²) in [6, 6.07) is 3.00. The summed E-state index contributed by atoms with van der Waals surface area (Å²) in [4.78, 5) is 22.9. The Morgan fingerprint density at radius 1 is 1.33 bits per heavy atom. The highest BCUT2D eigenvalue weighted by Crippen LogP contribution is 2.42. The summed E-state index contributed by atoms with van der Waals surface area (Å²) in [5.41, 5.74) is 0.234. The molecule has 6 nitrogen and oxygen atoms in total. The Balaban J connectivity index is 2.07. The van der Waals surface area contributed by atoms with E-state index in [-0.39, 0.29) is 28.8 Å². The van der Waals surface area contributed by atoms with Gasteiger partial charge in [0.2, 0.25) is 11.8 Å². The summed E-state index contributed by atoms with van der Waals surface area (Å²) < 4.78 is 34.3. The number of rotatable bonds is 4. The predicted octanol–water partition coefficient (Wildman–Crippen LogP) is 1.38. The van der Waals surface area contributed by atoms with E-state index in [0.29, 0.717) is 0 Å². The number of ether oxygens (including phenoxy) is 2. The van der Waals surface area contributed by atoms with Crippen molar-refractivity contribution in [1.82, 2.24) is 5.32 Å². The molecule has 2 N–H and O–H groups in total. The Kier molecular flexibility index (Phi) is 4.21. The minimum atomic E-state index is -3.71. The Morgan fingerprint density at radius 3 is 2.62 bits per heavy atom. The van der Waals surface area contributed by atoms with Crippen molar-refractivity contribution in [2.45, 2.75) is 19.3 Å². The van der Waals surface area contributed by atoms with E-state index < -0.39 is 18.2 Å². The first kappa shape index (κ1) is 15.4. The Morgan fingerprint density at radius 2 is 2.00 bits per heavy atom. The van der Waals surface area contributed by atoms with Gasteiger partial charge in [-0.3, -0.25) is 9.59 Å². The van der Waals surface area contributed by atoms with Crippen LogP contribution in [0.25, 0.3) is 0 Å². The lowest BCUT2D eigenvalue weighted by Crippen LogP contribution is -2.44. The van der Waals surface area contributed by atoms with E-state index in [1.54, 1.807) is 0 Å². The van der Waals surface area contributed by atoms with Crippen molar-refractivity contribution in [3.05, 3.63) is 18.2 Å². The van der Waals surface area contributed by atoms with Gasteiger partial charge < -0.3 is 20.1 Å². The van der Waals surface area contributed by atoms with Gasteiger partial charge in [0.05, 0.1) is 0 Å². The van der Waals surface area contributed by atoms with Gasteiger partial charge in [-0.25, -0.2) is 0 Å². The number of fused-ring (bicyclic) bond motifs is 1. The zero-order valence-corrected chi connectivity index (χ0v) is 11.7. The van der Waals surface area contributed by atoms with E-state index in [1.165, 1.54) is 25.1 Å². The molecular weight excluding hydrogens is 306 g/mol. The average molecular weight is 318 g/mol. The fourth-order valence-corrected chi connectivity index (χ4v) is 1.95. The van der Waals surface area contributed by atoms with E-state index in [0.717, 1.165) is 0 Å². The number of carbonyl (C=O) groups is 2. The van der Waals surface area contributed by atoms with Gasteiger partial charge in [0.25, 0.3) is 0 Å². The molecule has 0 fully saturated rings. The van der Waals surface area contributed by atoms with Crippen molar-refractivity contribution in [3.8, 4) is 11.5 Å². The molecule has 21 heavy (non-hydrogen) atoms. The molecule has 2 amide bonds. The highest BCUT2D eigenvalue weighted by Gasteiger charge is 2.43. The van der Waals surface area contributed by atoms with E-state index in [9.17, 15) is 18.4 Å². The fraction of sp³-hybridized carbons (Fsp3) is 0.333. The maximum absolute atomic E-state index is 12.9. The van der Waals surface area contributed by atoms with Crippen LogP contribution in [-0.2, 0) is 9.59 Å². The van der Waals surface area contributed by atoms with Gasteiger partial charge >= 0.3 is 6.29 Å². The molecule has 1 atom stereocenters. The molecule has 0 bridgehead atoms. The standard InChI is InChI=1S/C12H12F2N2O4S/c1-6(17)15-8(5-21)11(18)16-7-2-3-9-10(4-7)20-12(13,14)19-9/h2-4,8,21H,5H2,1H3,(H,15,17)(H,16,18). The lowest BCUT2D eigenvalue weighted by Gasteiger charge is -2.15. The fourth-order valence-electron chi connectivity index (χ4n) is 1.70. The number of hydrogen-bond acceptors (Lipinski definition) is 5. The zero-order chi connectivity index (χ0) is 15.6. The summed E-state index contributed by atoms with van der Waals surface area (Å²) in [5.74, 6) is -1.11. The van der Waals surface area contributed by atoms with E-state index in [2.05, 4.69) is 32.7 Å². The largest absolute Gasteiger partial charge is 0.586 e. The van der Waals surface area contributed by atoms with Gasteiger partial charge in [-0.15, -0.1) is 8.78 Å². The first-order valence-electron chi connectivity index (χ1n) is 5.89. The van der Waals surface area contributed by atoms with Crippen LogP contribution in [0.2, 0.25) is 0 Å². The average Bonchev–Trinajstić information content (AvgIpc) is 2.68. The second-order valence-corrected chi connectivity index (χ2v) is 4.62. The number of alkyl halides is 2. The van der Waals surface area contributed by atoms with Crippen LogP contribution in [0.4, 0.5) is 14.5 Å². The van der Waals surface area contributed by atoms with Crippen molar-refractivity contribution >= 4 is 30.1 Å². The third-order valence-corrected chi connectivity index (χ3v) is 2.91. The Labute approximate surface area is 124 Å². The van der Waals surface area contributed by atoms with Crippen LogP contribution in [0.3, 0.4) is 0 Å². The number of carbonyl (C=O) groups excluding carboxylic acids is 2. The van der Waals surface area contributed by atoms with Crippen molar-refractivity contribution in [1.29, 1.82) is 0 Å². The molecule has 1 aliphatic heterocycles. The van der Waals surface area contributed by atoms with Crippen LogP contribution in [0, 0.1) is 0 Å². The minimum Gasteiger partial charge on any atom is -0.395 e. The molecule has 0 spiro atoms. The molecule has 9 heteroatoms. The number of nitrogens with one attached hydrogen (secondary N) is 2. The second-order valence-electron chi connectivity index (χ2n) is 4.25. The van der Waals surface area contributed by atoms with Crippen LogP contribution < -0.4 is 20.1 Å². The van der Waals surface area contributed by atoms with E-state index in [1.807, 2.05) is 0 Å². The number of benzene rings is 1. The van der Waals surface area contributed by atoms with Crippen LogP contribution in [0.1, 0.15) is 6.92 Å². The number of anilines is 1. The smallest absolute Gasteiger partial charge is 0.395 e. The summed E-state index contributed by atoms with van der Waals surface area (Å²) in [6.07, 6.45) is -3.71. The summed E-state index contributed by atoms with van der Waals surface area (Å²) in [5, 5.41) is 4.88. The minimum absolute atomic E-state index is 0.0913. The summed E-state index contributed by atoms with van der Waals surface area (Å²) >= 11 is 3.96. The molecule has 0 aromatic heterocycles. The highest BCUT2D eigenvalue weighted by molar-refractivity contribution is 7.80. The quantitative estimate of drug-likeness (QED) is 0.733. The zero-order valence-electron chi connectivity index (χ0n) is 10.9. The second kappa shape index (κ2) is 5.76. The van der Waals surface area contributed by atoms with Crippen LogP contribution in [0.15, 0.2) is 18.2 Å². The van der Waals surface area contributed by atoms with Gasteiger partial charge in [-0.1, -0.05) is 0 Å². The Bertz CT molecular complexity index is 582. The maximum Gasteiger partial charge on any atom is 0.586 e. The van der Waals surface area contributed by atoms with Gasteiger partial charge in [-0.2, -0.15) is 12.6 Å². The highest BCUT2D eigenvalue weighted by atomic mass is 32.1. The molecule has 0 saturated carbocycles. The van der Waals surface area contributed by atoms with Gasteiger partial charge in [0.15, 0.2) is 11.5 Å². The molecular formula is C12H12F2N2O4S. The maximum atomic E-state index is 12.9. The van der Waals surface area contributed by atoms with Gasteiger partial charge in [0.1, 0.15) is 6.04 Å². The third kappa shape index (κ3) is 3.75. The summed E-state index contributed by atoms with van der Waals surface area (Å²) in [7, 11) is 0. The number of amides is 2.